The van der Waals surface area contributed by atoms with E-state index in [9.17, 15) is 8.42 Å². The smallest absolute Gasteiger partial charge is 0.175 e. The van der Waals surface area contributed by atoms with Gasteiger partial charge in [-0.3, -0.25) is 0 Å². The van der Waals surface area contributed by atoms with Crippen LogP contribution in [0.4, 0.5) is 11.5 Å². The molecular weight excluding hydrogens is 422 g/mol. The molecule has 2 fully saturated rings. The van der Waals surface area contributed by atoms with E-state index in [0.29, 0.717) is 17.0 Å². The molecule has 1 aliphatic carbocycles. The van der Waals surface area contributed by atoms with Gasteiger partial charge in [0.1, 0.15) is 11.5 Å². The molecule has 5 rings (SSSR count). The molecule has 1 saturated carbocycles. The van der Waals surface area contributed by atoms with E-state index in [1.807, 2.05) is 12.1 Å². The van der Waals surface area contributed by atoms with Gasteiger partial charge < -0.3 is 19.3 Å². The number of piperazine rings is 1. The topological polar surface area (TPSA) is 61.7 Å². The summed E-state index contributed by atoms with van der Waals surface area (Å²) in [6.07, 6.45) is 5.79. The summed E-state index contributed by atoms with van der Waals surface area (Å²) in [5.41, 5.74) is 2.15. The lowest BCUT2D eigenvalue weighted by molar-refractivity contribution is 0.131. The summed E-state index contributed by atoms with van der Waals surface area (Å²) in [5, 5.41) is 1.20. The Morgan fingerprint density at radius 3 is 2.19 bits per heavy atom. The van der Waals surface area contributed by atoms with E-state index in [4.69, 9.17) is 4.98 Å². The van der Waals surface area contributed by atoms with Crippen LogP contribution >= 0.6 is 0 Å². The summed E-state index contributed by atoms with van der Waals surface area (Å²) in [5.74, 6) is 1.04. The van der Waals surface area contributed by atoms with E-state index in [0.717, 1.165) is 43.3 Å². The van der Waals surface area contributed by atoms with Crippen molar-refractivity contribution in [3.8, 4) is 0 Å². The minimum absolute atomic E-state index is 0.365. The van der Waals surface area contributed by atoms with Gasteiger partial charge >= 0.3 is 0 Å². The van der Waals surface area contributed by atoms with Crippen molar-refractivity contribution < 1.29 is 8.42 Å². The number of rotatable bonds is 5. The maximum atomic E-state index is 11.7. The average molecular weight is 454 g/mol. The summed E-state index contributed by atoms with van der Waals surface area (Å²) >= 11 is 0. The van der Waals surface area contributed by atoms with Gasteiger partial charge in [0.15, 0.2) is 9.84 Å². The fourth-order valence-electron chi connectivity index (χ4n) is 4.79. The van der Waals surface area contributed by atoms with Crippen LogP contribution < -0.4 is 9.80 Å². The number of aromatic nitrogens is 2. The normalized spacial score (nSPS) is 21.9. The minimum atomic E-state index is -3.16. The van der Waals surface area contributed by atoms with Gasteiger partial charge in [-0.2, -0.15) is 0 Å². The molecule has 0 radical (unpaired) electrons. The number of fused-ring (bicyclic) bond motifs is 1. The molecule has 0 unspecified atom stereocenters. The second-order valence-corrected chi connectivity index (χ2v) is 11.3. The van der Waals surface area contributed by atoms with Crippen LogP contribution in [0.5, 0.6) is 0 Å². The molecular formula is C24H31N5O2S. The van der Waals surface area contributed by atoms with Crippen LogP contribution in [0.1, 0.15) is 18.9 Å². The Balaban J connectivity index is 1.27. The summed E-state index contributed by atoms with van der Waals surface area (Å²) in [6, 6.07) is 14.9. The predicted octanol–water partition coefficient (Wildman–Crippen LogP) is 3.03. The summed E-state index contributed by atoms with van der Waals surface area (Å²) in [7, 11) is 1.15. The van der Waals surface area contributed by atoms with Crippen LogP contribution in [0.2, 0.25) is 0 Å². The van der Waals surface area contributed by atoms with E-state index in [-0.39, 0.29) is 0 Å². The minimum Gasteiger partial charge on any atom is -0.368 e. The molecule has 2 aliphatic rings. The third kappa shape index (κ3) is 3.97. The highest BCUT2D eigenvalue weighted by atomic mass is 32.2. The third-order valence-corrected chi connectivity index (χ3v) is 8.12. The standard InChI is InChI=1S/C24H31N5O2S/c1-26(2)20-16-21(17-20)29-11-10-18-4-9-23(25-24(18)29)28-14-12-27(13-15-28)19-5-7-22(8-6-19)32(3,30)31/h4-11,20-21H,12-17H2,1-3H3. The quantitative estimate of drug-likeness (QED) is 0.592. The van der Waals surface area contributed by atoms with E-state index in [1.165, 1.54) is 24.5 Å². The van der Waals surface area contributed by atoms with Crippen molar-refractivity contribution in [2.75, 3.05) is 56.3 Å². The highest BCUT2D eigenvalue weighted by Crippen LogP contribution is 2.37. The second-order valence-electron chi connectivity index (χ2n) is 9.29. The van der Waals surface area contributed by atoms with E-state index in [1.54, 1.807) is 12.1 Å². The van der Waals surface area contributed by atoms with Crippen LogP contribution in [0.15, 0.2) is 53.6 Å². The molecule has 1 aliphatic heterocycles. The van der Waals surface area contributed by atoms with Crippen LogP contribution in [0.3, 0.4) is 0 Å². The van der Waals surface area contributed by atoms with Gasteiger partial charge in [0, 0.05) is 61.8 Å². The van der Waals surface area contributed by atoms with Gasteiger partial charge in [-0.1, -0.05) is 0 Å². The summed E-state index contributed by atoms with van der Waals surface area (Å²) < 4.78 is 25.8. The number of benzene rings is 1. The predicted molar refractivity (Wildman–Crippen MR) is 129 cm³/mol. The number of nitrogens with zero attached hydrogens (tertiary/aromatic N) is 5. The van der Waals surface area contributed by atoms with Crippen molar-refractivity contribution in [1.29, 1.82) is 0 Å². The van der Waals surface area contributed by atoms with Gasteiger partial charge in [-0.25, -0.2) is 13.4 Å². The van der Waals surface area contributed by atoms with Gasteiger partial charge in [0.05, 0.1) is 4.90 Å². The Kier molecular flexibility index (Phi) is 5.37. The Labute approximate surface area is 190 Å². The lowest BCUT2D eigenvalue weighted by atomic mass is 9.86. The molecule has 0 N–H and O–H groups in total. The molecule has 0 amide bonds. The molecule has 32 heavy (non-hydrogen) atoms. The van der Waals surface area contributed by atoms with Gasteiger partial charge in [-0.15, -0.1) is 0 Å². The van der Waals surface area contributed by atoms with Crippen LogP contribution in [0, 0.1) is 0 Å². The summed E-state index contributed by atoms with van der Waals surface area (Å²) in [6.45, 7) is 3.54. The van der Waals surface area contributed by atoms with Crippen LogP contribution in [0.25, 0.3) is 11.0 Å². The van der Waals surface area contributed by atoms with Crippen LogP contribution in [-0.4, -0.2) is 75.4 Å². The van der Waals surface area contributed by atoms with Crippen LogP contribution in [-0.2, 0) is 9.84 Å². The zero-order valence-corrected chi connectivity index (χ0v) is 19.8. The number of pyridine rings is 1. The number of anilines is 2. The molecule has 1 aromatic carbocycles. The molecule has 0 bridgehead atoms. The van der Waals surface area contributed by atoms with E-state index < -0.39 is 9.84 Å². The first-order chi connectivity index (χ1) is 15.3. The second kappa shape index (κ2) is 8.08. The maximum absolute atomic E-state index is 11.7. The molecule has 3 heterocycles. The highest BCUT2D eigenvalue weighted by molar-refractivity contribution is 7.90. The highest BCUT2D eigenvalue weighted by Gasteiger charge is 2.32. The Hall–Kier alpha value is -2.58. The molecule has 7 nitrogen and oxygen atoms in total. The lowest BCUT2D eigenvalue weighted by Gasteiger charge is -2.40. The Morgan fingerprint density at radius 1 is 0.906 bits per heavy atom. The lowest BCUT2D eigenvalue weighted by Crippen LogP contribution is -2.46. The van der Waals surface area contributed by atoms with E-state index >= 15 is 0 Å². The van der Waals surface area contributed by atoms with Gasteiger partial charge in [0.2, 0.25) is 0 Å². The van der Waals surface area contributed by atoms with E-state index in [2.05, 4.69) is 57.8 Å². The van der Waals surface area contributed by atoms with Crippen molar-refractivity contribution in [2.24, 2.45) is 0 Å². The zero-order valence-electron chi connectivity index (χ0n) is 19.0. The van der Waals surface area contributed by atoms with Crippen molar-refractivity contribution in [1.82, 2.24) is 14.5 Å². The molecule has 8 heteroatoms. The maximum Gasteiger partial charge on any atom is 0.175 e. The fraction of sp³-hybridized carbons (Fsp3) is 0.458. The van der Waals surface area contributed by atoms with Gasteiger partial charge in [-0.05, 0) is 69.4 Å². The number of sulfone groups is 1. The number of hydrogen-bond donors (Lipinski definition) is 0. The molecule has 2 aromatic heterocycles. The monoisotopic (exact) mass is 453 g/mol. The first-order valence-electron chi connectivity index (χ1n) is 11.2. The van der Waals surface area contributed by atoms with Crippen molar-refractivity contribution in [3.05, 3.63) is 48.7 Å². The third-order valence-electron chi connectivity index (χ3n) is 7.00. The molecule has 170 valence electrons. The Bertz CT molecular complexity index is 1200. The van der Waals surface area contributed by atoms with Crippen molar-refractivity contribution in [3.63, 3.8) is 0 Å². The molecule has 1 saturated heterocycles. The Morgan fingerprint density at radius 2 is 1.56 bits per heavy atom. The molecule has 0 atom stereocenters. The SMILES string of the molecule is CN(C)C1CC(n2ccc3ccc(N4CCN(c5ccc(S(C)(=O)=O)cc5)CC4)nc32)C1. The van der Waals surface area contributed by atoms with Crippen molar-refractivity contribution >= 4 is 32.4 Å². The van der Waals surface area contributed by atoms with Gasteiger partial charge in [0.25, 0.3) is 0 Å². The first-order valence-corrected chi connectivity index (χ1v) is 13.1. The molecule has 0 spiro atoms. The average Bonchev–Trinajstić information content (AvgIpc) is 3.15. The molecule has 3 aromatic rings. The number of hydrogen-bond acceptors (Lipinski definition) is 6. The van der Waals surface area contributed by atoms with Crippen molar-refractivity contribution in [2.45, 2.75) is 29.8 Å². The zero-order chi connectivity index (χ0) is 22.5. The largest absolute Gasteiger partial charge is 0.368 e. The first kappa shape index (κ1) is 21.3. The summed E-state index contributed by atoms with van der Waals surface area (Å²) in [4.78, 5) is 12.4. The fourth-order valence-corrected chi connectivity index (χ4v) is 5.42.